The molecule has 0 saturated carbocycles. The summed E-state index contributed by atoms with van der Waals surface area (Å²) in [5, 5.41) is 1.21. The van der Waals surface area contributed by atoms with Crippen molar-refractivity contribution < 1.29 is 17.9 Å². The number of piperazine rings is 1. The molecule has 0 aliphatic carbocycles. The first-order valence-electron chi connectivity index (χ1n) is 15.2. The van der Waals surface area contributed by atoms with Gasteiger partial charge in [-0.25, -0.2) is 13.2 Å². The Morgan fingerprint density at radius 2 is 1.47 bits per heavy atom. The van der Waals surface area contributed by atoms with Gasteiger partial charge in [-0.2, -0.15) is 0 Å². The van der Waals surface area contributed by atoms with Crippen molar-refractivity contribution in [1.29, 1.82) is 0 Å². The molecular weight excluding hydrogens is 631 g/mol. The molecule has 0 spiro atoms. The number of hydrogen-bond donors (Lipinski definition) is 0. The number of rotatable bonds is 9. The number of carbonyl (C=O) groups excluding carboxylic acids is 1. The molecule has 45 heavy (non-hydrogen) atoms. The zero-order valence-corrected chi connectivity index (χ0v) is 28.5. The van der Waals surface area contributed by atoms with Crippen LogP contribution < -0.4 is 4.74 Å². The van der Waals surface area contributed by atoms with Crippen LogP contribution in [0.15, 0.2) is 77.8 Å². The smallest absolute Gasteiger partial charge is 0.326 e. The van der Waals surface area contributed by atoms with Gasteiger partial charge in [-0.05, 0) is 81.3 Å². The maximum atomic E-state index is 14.9. The lowest BCUT2D eigenvalue weighted by Crippen LogP contribution is -2.60. The van der Waals surface area contributed by atoms with Gasteiger partial charge in [-0.1, -0.05) is 59.6 Å². The molecule has 2 atom stereocenters. The average molecular weight is 672 g/mol. The van der Waals surface area contributed by atoms with Crippen molar-refractivity contribution >= 4 is 44.9 Å². The summed E-state index contributed by atoms with van der Waals surface area (Å²) in [6, 6.07) is 22.8. The molecule has 0 N–H and O–H groups in total. The summed E-state index contributed by atoms with van der Waals surface area (Å²) < 4.78 is 29.3. The topological polar surface area (TPSA) is 82.5 Å². The van der Waals surface area contributed by atoms with E-state index in [2.05, 4.69) is 18.7 Å². The van der Waals surface area contributed by atoms with Crippen molar-refractivity contribution in [3.05, 3.63) is 99.5 Å². The molecular formula is C34H40Cl2N4O4S. The number of benzene rings is 3. The Kier molecular flexibility index (Phi) is 9.84. The number of aliphatic imine (C=N–C) groups is 1. The standard InChI is InChI=1S/C34H40Cl2N4O4S/c1-5-44-30-10-7-6-9-29(30)31-37-33(2,25-11-15-27(35)16-12-25)34(3,26-13-17-28(36)18-14-26)40(31)32(41)39-22-20-38(21-23-39)19-8-24-45(4,42)43/h6-7,9-18H,5,8,19-24H2,1-4H3/t33-,34+/m0/s1. The van der Waals surface area contributed by atoms with Crippen molar-refractivity contribution in [2.75, 3.05) is 51.3 Å². The van der Waals surface area contributed by atoms with Gasteiger partial charge in [0.15, 0.2) is 0 Å². The Morgan fingerprint density at radius 3 is 2.04 bits per heavy atom. The Hall–Kier alpha value is -3.11. The van der Waals surface area contributed by atoms with E-state index in [0.29, 0.717) is 67.4 Å². The number of urea groups is 1. The lowest BCUT2D eigenvalue weighted by Gasteiger charge is -2.47. The number of para-hydroxylation sites is 1. The molecule has 3 aromatic carbocycles. The van der Waals surface area contributed by atoms with Crippen LogP contribution in [0.1, 0.15) is 43.9 Å². The van der Waals surface area contributed by atoms with E-state index in [-0.39, 0.29) is 11.8 Å². The first-order valence-corrected chi connectivity index (χ1v) is 18.0. The maximum absolute atomic E-state index is 14.9. The minimum Gasteiger partial charge on any atom is -0.493 e. The predicted molar refractivity (Wildman–Crippen MR) is 181 cm³/mol. The molecule has 3 aromatic rings. The average Bonchev–Trinajstić information content (AvgIpc) is 3.25. The second-order valence-corrected chi connectivity index (χ2v) is 15.1. The van der Waals surface area contributed by atoms with Crippen LogP contribution in [0.2, 0.25) is 10.0 Å². The van der Waals surface area contributed by atoms with Gasteiger partial charge in [0.2, 0.25) is 0 Å². The minimum absolute atomic E-state index is 0.154. The zero-order chi connectivity index (χ0) is 32.4. The minimum atomic E-state index is -3.02. The van der Waals surface area contributed by atoms with Crippen LogP contribution in [0.5, 0.6) is 5.75 Å². The Bertz CT molecular complexity index is 1660. The number of hydrogen-bond acceptors (Lipinski definition) is 6. The molecule has 11 heteroatoms. The van der Waals surface area contributed by atoms with Gasteiger partial charge in [0.05, 0.1) is 17.9 Å². The van der Waals surface area contributed by atoms with Gasteiger partial charge in [-0.3, -0.25) is 14.8 Å². The monoisotopic (exact) mass is 670 g/mol. The zero-order valence-electron chi connectivity index (χ0n) is 26.2. The van der Waals surface area contributed by atoms with Gasteiger partial charge in [0.25, 0.3) is 0 Å². The van der Waals surface area contributed by atoms with Crippen molar-refractivity contribution in [2.45, 2.75) is 38.3 Å². The third-order valence-corrected chi connectivity index (χ3v) is 10.5. The van der Waals surface area contributed by atoms with E-state index in [4.69, 9.17) is 32.9 Å². The first kappa shape index (κ1) is 33.3. The fourth-order valence-electron chi connectivity index (χ4n) is 6.35. The Morgan fingerprint density at radius 1 is 0.889 bits per heavy atom. The highest BCUT2D eigenvalue weighted by Gasteiger charge is 2.60. The van der Waals surface area contributed by atoms with E-state index in [1.165, 1.54) is 6.26 Å². The summed E-state index contributed by atoms with van der Waals surface area (Å²) in [4.78, 5) is 26.3. The number of halogens is 2. The van der Waals surface area contributed by atoms with Gasteiger partial charge in [0.1, 0.15) is 32.5 Å². The summed E-state index contributed by atoms with van der Waals surface area (Å²) >= 11 is 12.7. The molecule has 5 rings (SSSR count). The van der Waals surface area contributed by atoms with Crippen LogP contribution in [0, 0.1) is 0 Å². The second-order valence-electron chi connectivity index (χ2n) is 12.0. The van der Waals surface area contributed by atoms with Crippen molar-refractivity contribution in [2.24, 2.45) is 4.99 Å². The van der Waals surface area contributed by atoms with Gasteiger partial charge >= 0.3 is 6.03 Å². The lowest BCUT2D eigenvalue weighted by atomic mass is 9.71. The van der Waals surface area contributed by atoms with E-state index < -0.39 is 20.9 Å². The third-order valence-electron chi connectivity index (χ3n) is 9.00. The molecule has 2 amide bonds. The highest BCUT2D eigenvalue weighted by molar-refractivity contribution is 7.90. The first-order chi connectivity index (χ1) is 21.4. The molecule has 1 fully saturated rings. The Balaban J connectivity index is 1.60. The molecule has 0 radical (unpaired) electrons. The van der Waals surface area contributed by atoms with Gasteiger partial charge < -0.3 is 9.64 Å². The number of sulfone groups is 1. The van der Waals surface area contributed by atoms with Gasteiger partial charge in [0, 0.05) is 42.5 Å². The van der Waals surface area contributed by atoms with Crippen LogP contribution >= 0.6 is 23.2 Å². The molecule has 2 aliphatic rings. The van der Waals surface area contributed by atoms with Crippen molar-refractivity contribution in [1.82, 2.24) is 14.7 Å². The normalized spacial score (nSPS) is 22.4. The molecule has 0 bridgehead atoms. The lowest BCUT2D eigenvalue weighted by molar-refractivity contribution is 0.0868. The number of ether oxygens (including phenoxy) is 1. The molecule has 0 aromatic heterocycles. The summed E-state index contributed by atoms with van der Waals surface area (Å²) in [5.41, 5.74) is 0.601. The van der Waals surface area contributed by atoms with Crippen molar-refractivity contribution in [3.8, 4) is 5.75 Å². The van der Waals surface area contributed by atoms with E-state index in [1.807, 2.05) is 89.5 Å². The quantitative estimate of drug-likeness (QED) is 0.261. The van der Waals surface area contributed by atoms with Crippen LogP contribution in [-0.2, 0) is 20.9 Å². The number of carbonyl (C=O) groups is 1. The summed E-state index contributed by atoms with van der Waals surface area (Å²) in [6.07, 6.45) is 1.83. The van der Waals surface area contributed by atoms with E-state index in [9.17, 15) is 13.2 Å². The molecule has 240 valence electrons. The SMILES string of the molecule is CCOc1ccccc1C1=N[C@@](C)(c2ccc(Cl)cc2)[C@@](C)(c2ccc(Cl)cc2)N1C(=O)N1CCN(CCCS(C)(=O)=O)CC1. The second kappa shape index (κ2) is 13.3. The highest BCUT2D eigenvalue weighted by Crippen LogP contribution is 2.54. The fourth-order valence-corrected chi connectivity index (χ4v) is 7.26. The highest BCUT2D eigenvalue weighted by atomic mass is 35.5. The molecule has 0 unspecified atom stereocenters. The van der Waals surface area contributed by atoms with Crippen LogP contribution in [0.4, 0.5) is 4.79 Å². The van der Waals surface area contributed by atoms with Crippen LogP contribution in [-0.4, -0.2) is 86.3 Å². The molecule has 2 aliphatic heterocycles. The van der Waals surface area contributed by atoms with E-state index in [1.54, 1.807) is 0 Å². The Labute approximate surface area is 276 Å². The molecule has 8 nitrogen and oxygen atoms in total. The number of amidine groups is 1. The molecule has 1 saturated heterocycles. The molecule has 2 heterocycles. The van der Waals surface area contributed by atoms with E-state index in [0.717, 1.165) is 16.7 Å². The van der Waals surface area contributed by atoms with Crippen LogP contribution in [0.3, 0.4) is 0 Å². The van der Waals surface area contributed by atoms with E-state index >= 15 is 0 Å². The largest absolute Gasteiger partial charge is 0.493 e. The predicted octanol–water partition coefficient (Wildman–Crippen LogP) is 6.46. The van der Waals surface area contributed by atoms with Gasteiger partial charge in [-0.15, -0.1) is 0 Å². The number of nitrogens with zero attached hydrogens (tertiary/aromatic N) is 4. The third kappa shape index (κ3) is 6.73. The fraction of sp³-hybridized carbons (Fsp3) is 0.412. The maximum Gasteiger partial charge on any atom is 0.326 e. The number of amides is 2. The summed E-state index contributed by atoms with van der Waals surface area (Å²) in [7, 11) is -3.02. The van der Waals surface area contributed by atoms with Crippen molar-refractivity contribution in [3.63, 3.8) is 0 Å². The summed E-state index contributed by atoms with van der Waals surface area (Å²) in [5.74, 6) is 1.32. The summed E-state index contributed by atoms with van der Waals surface area (Å²) in [6.45, 7) is 9.49. The van der Waals surface area contributed by atoms with Crippen LogP contribution in [0.25, 0.3) is 0 Å².